The molecule has 0 saturated heterocycles. The lowest BCUT2D eigenvalue weighted by atomic mass is 10.0. The summed E-state index contributed by atoms with van der Waals surface area (Å²) in [6, 6.07) is 5.68. The minimum atomic E-state index is -0.432. The van der Waals surface area contributed by atoms with E-state index in [1.54, 1.807) is 6.92 Å². The van der Waals surface area contributed by atoms with E-state index >= 15 is 0 Å². The predicted octanol–water partition coefficient (Wildman–Crippen LogP) is 1.82. The topological polar surface area (TPSA) is 64.3 Å². The van der Waals surface area contributed by atoms with Crippen LogP contribution in [-0.2, 0) is 4.79 Å². The van der Waals surface area contributed by atoms with E-state index in [-0.39, 0.29) is 11.9 Å². The van der Waals surface area contributed by atoms with Crippen molar-refractivity contribution in [2.45, 2.75) is 32.4 Å². The van der Waals surface area contributed by atoms with E-state index in [9.17, 15) is 4.79 Å². The van der Waals surface area contributed by atoms with Gasteiger partial charge in [0.2, 0.25) is 0 Å². The van der Waals surface area contributed by atoms with Crippen LogP contribution >= 0.6 is 0 Å². The van der Waals surface area contributed by atoms with Crippen LogP contribution in [0.1, 0.15) is 31.9 Å². The van der Waals surface area contributed by atoms with E-state index in [0.717, 1.165) is 12.0 Å². The third-order valence-electron chi connectivity index (χ3n) is 2.80. The molecule has 2 rings (SSSR count). The molecule has 1 aromatic carbocycles. The minimum absolute atomic E-state index is 0.00144. The van der Waals surface area contributed by atoms with Gasteiger partial charge in [0.1, 0.15) is 5.75 Å². The number of fused-ring (bicyclic) bond motifs is 1. The van der Waals surface area contributed by atoms with Gasteiger partial charge in [0.15, 0.2) is 6.10 Å². The zero-order chi connectivity index (χ0) is 11.7. The average Bonchev–Trinajstić information content (AvgIpc) is 2.29. The zero-order valence-electron chi connectivity index (χ0n) is 9.49. The maximum absolute atomic E-state index is 11.4. The minimum Gasteiger partial charge on any atom is -0.479 e. The fourth-order valence-electron chi connectivity index (χ4n) is 1.69. The normalized spacial score (nSPS) is 20.7. The molecular weight excluding hydrogens is 204 g/mol. The Morgan fingerprint density at radius 1 is 1.56 bits per heavy atom. The summed E-state index contributed by atoms with van der Waals surface area (Å²) in [6.07, 6.45) is 0.433. The zero-order valence-corrected chi connectivity index (χ0v) is 9.49. The van der Waals surface area contributed by atoms with Crippen molar-refractivity contribution < 1.29 is 9.53 Å². The number of hydrogen-bond acceptors (Lipinski definition) is 3. The highest BCUT2D eigenvalue weighted by Crippen LogP contribution is 2.32. The van der Waals surface area contributed by atoms with Crippen molar-refractivity contribution in [1.82, 2.24) is 0 Å². The molecule has 1 aliphatic rings. The molecule has 1 aromatic rings. The molecule has 0 saturated carbocycles. The van der Waals surface area contributed by atoms with Crippen LogP contribution < -0.4 is 15.8 Å². The SMILES string of the molecule is CCC(N)c1ccc2c(c1)NC(=O)C(C)O2. The number of hydrogen-bond donors (Lipinski definition) is 2. The smallest absolute Gasteiger partial charge is 0.265 e. The number of ether oxygens (including phenoxy) is 1. The first-order chi connectivity index (χ1) is 7.61. The fraction of sp³-hybridized carbons (Fsp3) is 0.417. The first-order valence-electron chi connectivity index (χ1n) is 5.49. The summed E-state index contributed by atoms with van der Waals surface area (Å²) in [5.41, 5.74) is 7.66. The number of carbonyl (C=O) groups is 1. The van der Waals surface area contributed by atoms with Gasteiger partial charge in [-0.3, -0.25) is 4.79 Å². The number of benzene rings is 1. The summed E-state index contributed by atoms with van der Waals surface area (Å²) in [6.45, 7) is 3.76. The van der Waals surface area contributed by atoms with Gasteiger partial charge in [0, 0.05) is 6.04 Å². The number of nitrogens with one attached hydrogen (secondary N) is 1. The molecule has 0 radical (unpaired) electrons. The maximum Gasteiger partial charge on any atom is 0.265 e. The molecule has 1 aliphatic heterocycles. The third kappa shape index (κ3) is 1.88. The summed E-state index contributed by atoms with van der Waals surface area (Å²) < 4.78 is 5.46. The van der Waals surface area contributed by atoms with E-state index in [1.165, 1.54) is 0 Å². The largest absolute Gasteiger partial charge is 0.479 e. The summed E-state index contributed by atoms with van der Waals surface area (Å²) in [7, 11) is 0. The Balaban J connectivity index is 2.32. The second-order valence-corrected chi connectivity index (χ2v) is 4.02. The van der Waals surface area contributed by atoms with Gasteiger partial charge in [0.05, 0.1) is 5.69 Å². The van der Waals surface area contributed by atoms with Crippen LogP contribution in [-0.4, -0.2) is 12.0 Å². The Bertz CT molecular complexity index is 417. The van der Waals surface area contributed by atoms with E-state index < -0.39 is 6.10 Å². The molecule has 86 valence electrons. The van der Waals surface area contributed by atoms with Gasteiger partial charge in [-0.05, 0) is 31.0 Å². The molecule has 0 aromatic heterocycles. The van der Waals surface area contributed by atoms with Gasteiger partial charge < -0.3 is 15.8 Å². The molecule has 2 atom stereocenters. The second-order valence-electron chi connectivity index (χ2n) is 4.02. The quantitative estimate of drug-likeness (QED) is 0.799. The van der Waals surface area contributed by atoms with Crippen LogP contribution in [0.4, 0.5) is 5.69 Å². The highest BCUT2D eigenvalue weighted by Gasteiger charge is 2.23. The highest BCUT2D eigenvalue weighted by atomic mass is 16.5. The van der Waals surface area contributed by atoms with E-state index in [2.05, 4.69) is 5.32 Å². The first-order valence-corrected chi connectivity index (χ1v) is 5.49. The molecule has 0 aliphatic carbocycles. The molecule has 3 N–H and O–H groups in total. The Labute approximate surface area is 94.8 Å². The predicted molar refractivity (Wildman–Crippen MR) is 62.4 cm³/mol. The molecule has 0 fully saturated rings. The van der Waals surface area contributed by atoms with E-state index in [1.807, 2.05) is 25.1 Å². The Morgan fingerprint density at radius 3 is 3.00 bits per heavy atom. The standard InChI is InChI=1S/C12H16N2O2/c1-3-9(13)8-4-5-11-10(6-8)14-12(15)7(2)16-11/h4-7,9H,3,13H2,1-2H3,(H,14,15). The lowest BCUT2D eigenvalue weighted by Gasteiger charge is -2.24. The fourth-order valence-corrected chi connectivity index (χ4v) is 1.69. The summed E-state index contributed by atoms with van der Waals surface area (Å²) in [5, 5.41) is 2.81. The number of amides is 1. The van der Waals surface area contributed by atoms with Crippen molar-refractivity contribution in [1.29, 1.82) is 0 Å². The molecule has 0 bridgehead atoms. The number of carbonyl (C=O) groups excluding carboxylic acids is 1. The maximum atomic E-state index is 11.4. The van der Waals surface area contributed by atoms with Crippen LogP contribution in [0.3, 0.4) is 0 Å². The molecule has 4 nitrogen and oxygen atoms in total. The average molecular weight is 220 g/mol. The van der Waals surface area contributed by atoms with Gasteiger partial charge in [-0.25, -0.2) is 0 Å². The van der Waals surface area contributed by atoms with Crippen molar-refractivity contribution in [2.75, 3.05) is 5.32 Å². The van der Waals surface area contributed by atoms with E-state index in [0.29, 0.717) is 11.4 Å². The second kappa shape index (κ2) is 4.14. The third-order valence-corrected chi connectivity index (χ3v) is 2.80. The van der Waals surface area contributed by atoms with E-state index in [4.69, 9.17) is 10.5 Å². The lowest BCUT2D eigenvalue weighted by Crippen LogP contribution is -2.34. The van der Waals surface area contributed by atoms with Crippen LogP contribution in [0.15, 0.2) is 18.2 Å². The van der Waals surface area contributed by atoms with Crippen LogP contribution in [0, 0.1) is 0 Å². The van der Waals surface area contributed by atoms with Crippen LogP contribution in [0.2, 0.25) is 0 Å². The Hall–Kier alpha value is -1.55. The van der Waals surface area contributed by atoms with Crippen molar-refractivity contribution in [3.63, 3.8) is 0 Å². The summed E-state index contributed by atoms with van der Waals surface area (Å²) in [4.78, 5) is 11.4. The molecule has 1 amide bonds. The number of nitrogens with two attached hydrogens (primary N) is 1. The highest BCUT2D eigenvalue weighted by molar-refractivity contribution is 5.97. The van der Waals surface area contributed by atoms with Gasteiger partial charge >= 0.3 is 0 Å². The molecule has 4 heteroatoms. The first kappa shape index (κ1) is 11.0. The van der Waals surface area contributed by atoms with Gasteiger partial charge in [-0.1, -0.05) is 13.0 Å². The van der Waals surface area contributed by atoms with Crippen LogP contribution in [0.5, 0.6) is 5.75 Å². The molecule has 1 heterocycles. The van der Waals surface area contributed by atoms with Gasteiger partial charge in [0.25, 0.3) is 5.91 Å². The summed E-state index contributed by atoms with van der Waals surface area (Å²) in [5.74, 6) is 0.592. The van der Waals surface area contributed by atoms with Crippen LogP contribution in [0.25, 0.3) is 0 Å². The molecular formula is C12H16N2O2. The van der Waals surface area contributed by atoms with Crippen molar-refractivity contribution in [3.8, 4) is 5.75 Å². The molecule has 16 heavy (non-hydrogen) atoms. The van der Waals surface area contributed by atoms with Crippen molar-refractivity contribution >= 4 is 11.6 Å². The number of rotatable bonds is 2. The Morgan fingerprint density at radius 2 is 2.31 bits per heavy atom. The molecule has 2 unspecified atom stereocenters. The Kier molecular flexibility index (Phi) is 2.83. The lowest BCUT2D eigenvalue weighted by molar-refractivity contribution is -0.122. The number of anilines is 1. The summed E-state index contributed by atoms with van der Waals surface area (Å²) >= 11 is 0. The van der Waals surface area contributed by atoms with Crippen molar-refractivity contribution in [3.05, 3.63) is 23.8 Å². The van der Waals surface area contributed by atoms with Gasteiger partial charge in [-0.2, -0.15) is 0 Å². The monoisotopic (exact) mass is 220 g/mol. The van der Waals surface area contributed by atoms with Crippen molar-refractivity contribution in [2.24, 2.45) is 5.73 Å². The van der Waals surface area contributed by atoms with Gasteiger partial charge in [-0.15, -0.1) is 0 Å². The molecule has 0 spiro atoms.